The Hall–Kier alpha value is -2.68. The number of benzene rings is 1. The first-order valence-electron chi connectivity index (χ1n) is 9.42. The lowest BCUT2D eigenvalue weighted by atomic mass is 10.0. The van der Waals surface area contributed by atoms with Crippen LogP contribution in [0.25, 0.3) is 10.9 Å². The van der Waals surface area contributed by atoms with Crippen LogP contribution in [-0.2, 0) is 11.4 Å². The van der Waals surface area contributed by atoms with Gasteiger partial charge in [-0.1, -0.05) is 0 Å². The lowest BCUT2D eigenvalue weighted by molar-refractivity contribution is -0.384. The molecular weight excluding hydrogens is 362 g/mol. The summed E-state index contributed by atoms with van der Waals surface area (Å²) in [7, 11) is 1.79. The third-order valence-electron chi connectivity index (χ3n) is 4.96. The number of nitro benzene ring substituents is 1. The SMILES string of the molecule is CN(C(=O)OC(C)(C)C)C1CCN(Cn2ncc3ccc([N+](=O)[O-])cc32)CC1. The van der Waals surface area contributed by atoms with E-state index in [-0.39, 0.29) is 17.8 Å². The third kappa shape index (κ3) is 4.59. The maximum Gasteiger partial charge on any atom is 0.410 e. The second kappa shape index (κ2) is 7.75. The fraction of sp³-hybridized carbons (Fsp3) is 0.579. The Kier molecular flexibility index (Phi) is 5.55. The molecule has 1 amide bonds. The van der Waals surface area contributed by atoms with Crippen molar-refractivity contribution in [2.45, 2.75) is 51.9 Å². The summed E-state index contributed by atoms with van der Waals surface area (Å²) in [5, 5.41) is 16.3. The molecule has 1 aromatic carbocycles. The second-order valence-corrected chi connectivity index (χ2v) is 8.23. The highest BCUT2D eigenvalue weighted by Gasteiger charge is 2.28. The van der Waals surface area contributed by atoms with Crippen molar-refractivity contribution >= 4 is 22.7 Å². The number of likely N-dealkylation sites (tertiary alicyclic amines) is 1. The van der Waals surface area contributed by atoms with Crippen molar-refractivity contribution in [1.82, 2.24) is 19.6 Å². The molecule has 2 aromatic rings. The zero-order chi connectivity index (χ0) is 20.5. The molecule has 1 aromatic heterocycles. The Labute approximate surface area is 164 Å². The molecule has 0 saturated carbocycles. The smallest absolute Gasteiger partial charge is 0.410 e. The summed E-state index contributed by atoms with van der Waals surface area (Å²) in [5.41, 5.74) is 0.310. The molecule has 1 aliphatic rings. The number of nitrogens with zero attached hydrogens (tertiary/aromatic N) is 5. The molecule has 1 fully saturated rings. The van der Waals surface area contributed by atoms with Crippen molar-refractivity contribution in [2.75, 3.05) is 20.1 Å². The first-order chi connectivity index (χ1) is 13.1. The molecule has 9 heteroatoms. The molecule has 0 bridgehead atoms. The van der Waals surface area contributed by atoms with Gasteiger partial charge in [0.1, 0.15) is 5.60 Å². The Morgan fingerprint density at radius 2 is 2.04 bits per heavy atom. The van der Waals surface area contributed by atoms with E-state index in [0.717, 1.165) is 36.8 Å². The van der Waals surface area contributed by atoms with Gasteiger partial charge in [-0.3, -0.25) is 19.7 Å². The Morgan fingerprint density at radius 1 is 1.36 bits per heavy atom. The van der Waals surface area contributed by atoms with E-state index in [0.29, 0.717) is 6.67 Å². The van der Waals surface area contributed by atoms with Gasteiger partial charge in [-0.05, 0) is 39.7 Å². The van der Waals surface area contributed by atoms with Crippen LogP contribution < -0.4 is 0 Å². The summed E-state index contributed by atoms with van der Waals surface area (Å²) < 4.78 is 7.24. The number of aromatic nitrogens is 2. The monoisotopic (exact) mass is 389 g/mol. The average molecular weight is 389 g/mol. The van der Waals surface area contributed by atoms with Gasteiger partial charge >= 0.3 is 6.09 Å². The van der Waals surface area contributed by atoms with E-state index in [2.05, 4.69) is 10.00 Å². The fourth-order valence-electron chi connectivity index (χ4n) is 3.41. The molecule has 0 aliphatic carbocycles. The number of ether oxygens (including phenoxy) is 1. The molecule has 0 atom stereocenters. The normalized spacial score (nSPS) is 16.3. The number of amides is 1. The first kappa shape index (κ1) is 20.1. The highest BCUT2D eigenvalue weighted by atomic mass is 16.6. The lowest BCUT2D eigenvalue weighted by Crippen LogP contribution is -2.47. The van der Waals surface area contributed by atoms with Crippen LogP contribution >= 0.6 is 0 Å². The summed E-state index contributed by atoms with van der Waals surface area (Å²) in [4.78, 5) is 26.8. The van der Waals surface area contributed by atoms with E-state index < -0.39 is 10.5 Å². The predicted octanol–water partition coefficient (Wildman–Crippen LogP) is 3.23. The minimum atomic E-state index is -0.504. The number of piperidine rings is 1. The van der Waals surface area contributed by atoms with Gasteiger partial charge in [0, 0.05) is 43.7 Å². The number of non-ortho nitro benzene ring substituents is 1. The molecule has 0 unspecified atom stereocenters. The van der Waals surface area contributed by atoms with Crippen molar-refractivity contribution in [3.05, 3.63) is 34.5 Å². The van der Waals surface area contributed by atoms with Crippen LogP contribution in [0.2, 0.25) is 0 Å². The van der Waals surface area contributed by atoms with Crippen molar-refractivity contribution in [1.29, 1.82) is 0 Å². The Morgan fingerprint density at radius 3 is 2.64 bits per heavy atom. The summed E-state index contributed by atoms with van der Waals surface area (Å²) in [6.07, 6.45) is 3.11. The van der Waals surface area contributed by atoms with E-state index in [9.17, 15) is 14.9 Å². The van der Waals surface area contributed by atoms with Crippen LogP contribution in [0.15, 0.2) is 24.4 Å². The van der Waals surface area contributed by atoms with Crippen LogP contribution in [0.1, 0.15) is 33.6 Å². The Bertz CT molecular complexity index is 865. The number of fused-ring (bicyclic) bond motifs is 1. The minimum Gasteiger partial charge on any atom is -0.444 e. The van der Waals surface area contributed by atoms with Gasteiger partial charge in [-0.15, -0.1) is 0 Å². The van der Waals surface area contributed by atoms with Crippen LogP contribution in [-0.4, -0.2) is 62.4 Å². The van der Waals surface area contributed by atoms with Crippen LogP contribution in [0.3, 0.4) is 0 Å². The number of carbonyl (C=O) groups is 1. The lowest BCUT2D eigenvalue weighted by Gasteiger charge is -2.37. The summed E-state index contributed by atoms with van der Waals surface area (Å²) >= 11 is 0. The Balaban J connectivity index is 1.60. The van der Waals surface area contributed by atoms with Crippen molar-refractivity contribution in [3.8, 4) is 0 Å². The summed E-state index contributed by atoms with van der Waals surface area (Å²) in [6.45, 7) is 7.77. The number of hydrogen-bond donors (Lipinski definition) is 0. The first-order valence-corrected chi connectivity index (χ1v) is 9.42. The van der Waals surface area contributed by atoms with E-state index >= 15 is 0 Å². The van der Waals surface area contributed by atoms with Crippen LogP contribution in [0.4, 0.5) is 10.5 Å². The van der Waals surface area contributed by atoms with Crippen LogP contribution in [0.5, 0.6) is 0 Å². The molecule has 152 valence electrons. The van der Waals surface area contributed by atoms with Crippen molar-refractivity contribution < 1.29 is 14.5 Å². The van der Waals surface area contributed by atoms with E-state index in [1.807, 2.05) is 20.8 Å². The summed E-state index contributed by atoms with van der Waals surface area (Å²) in [6, 6.07) is 4.91. The van der Waals surface area contributed by atoms with Gasteiger partial charge in [0.05, 0.1) is 23.3 Å². The molecule has 2 heterocycles. The standard InChI is InChI=1S/C19H27N5O4/c1-19(2,3)28-18(25)21(4)15-7-9-22(10-8-15)13-23-17-11-16(24(26)27)6-5-14(17)12-20-23/h5-6,11-12,15H,7-10,13H2,1-4H3. The van der Waals surface area contributed by atoms with Crippen molar-refractivity contribution in [3.63, 3.8) is 0 Å². The molecule has 3 rings (SSSR count). The quantitative estimate of drug-likeness (QED) is 0.589. The molecule has 0 N–H and O–H groups in total. The number of hydrogen-bond acceptors (Lipinski definition) is 6. The van der Waals surface area contributed by atoms with Crippen molar-refractivity contribution in [2.24, 2.45) is 0 Å². The number of rotatable bonds is 4. The molecule has 1 aliphatic heterocycles. The minimum absolute atomic E-state index is 0.0620. The van der Waals surface area contributed by atoms with E-state index in [1.54, 1.807) is 35.0 Å². The maximum atomic E-state index is 12.3. The molecule has 0 radical (unpaired) electrons. The van der Waals surface area contributed by atoms with Gasteiger partial charge in [0.2, 0.25) is 0 Å². The van der Waals surface area contributed by atoms with Gasteiger partial charge in [0.25, 0.3) is 5.69 Å². The third-order valence-corrected chi connectivity index (χ3v) is 4.96. The van der Waals surface area contributed by atoms with Gasteiger partial charge in [-0.25, -0.2) is 4.79 Å². The fourth-order valence-corrected chi connectivity index (χ4v) is 3.41. The van der Waals surface area contributed by atoms with Gasteiger partial charge < -0.3 is 9.64 Å². The second-order valence-electron chi connectivity index (χ2n) is 8.23. The van der Waals surface area contributed by atoms with E-state index in [4.69, 9.17) is 4.74 Å². The summed E-state index contributed by atoms with van der Waals surface area (Å²) in [5.74, 6) is 0. The zero-order valence-electron chi connectivity index (χ0n) is 16.8. The van der Waals surface area contributed by atoms with Gasteiger partial charge in [0.15, 0.2) is 0 Å². The van der Waals surface area contributed by atoms with Crippen LogP contribution in [0, 0.1) is 10.1 Å². The molecule has 9 nitrogen and oxygen atoms in total. The predicted molar refractivity (Wildman–Crippen MR) is 105 cm³/mol. The molecule has 0 spiro atoms. The van der Waals surface area contributed by atoms with E-state index in [1.165, 1.54) is 6.07 Å². The topological polar surface area (TPSA) is 93.7 Å². The number of nitro groups is 1. The molecular formula is C19H27N5O4. The maximum absolute atomic E-state index is 12.3. The molecule has 28 heavy (non-hydrogen) atoms. The highest BCUT2D eigenvalue weighted by Crippen LogP contribution is 2.23. The zero-order valence-corrected chi connectivity index (χ0v) is 16.8. The van der Waals surface area contributed by atoms with Gasteiger partial charge in [-0.2, -0.15) is 5.10 Å². The molecule has 1 saturated heterocycles. The largest absolute Gasteiger partial charge is 0.444 e. The highest BCUT2D eigenvalue weighted by molar-refractivity contribution is 5.80. The average Bonchev–Trinajstić information content (AvgIpc) is 3.02. The number of carbonyl (C=O) groups excluding carboxylic acids is 1.